The van der Waals surface area contributed by atoms with Crippen LogP contribution in [0.2, 0.25) is 0 Å². The first kappa shape index (κ1) is 17.0. The molecule has 1 heterocycles. The highest BCUT2D eigenvalue weighted by Gasteiger charge is 2.39. The number of halogens is 1. The highest BCUT2D eigenvalue weighted by Crippen LogP contribution is 2.22. The van der Waals surface area contributed by atoms with E-state index < -0.39 is 5.60 Å². The summed E-state index contributed by atoms with van der Waals surface area (Å²) in [7, 11) is 1.63. The van der Waals surface area contributed by atoms with E-state index in [1.807, 2.05) is 6.26 Å². The predicted octanol–water partition coefficient (Wildman–Crippen LogP) is 1.04. The van der Waals surface area contributed by atoms with Gasteiger partial charge in [0.1, 0.15) is 5.60 Å². The van der Waals surface area contributed by atoms with Crippen molar-refractivity contribution in [1.29, 1.82) is 0 Å². The Hall–Kier alpha value is 0.0300. The molecule has 0 aromatic heterocycles. The zero-order valence-electron chi connectivity index (χ0n) is 10.7. The molecule has 0 aliphatic carbocycles. The summed E-state index contributed by atoms with van der Waals surface area (Å²) in [6, 6.07) is 0. The summed E-state index contributed by atoms with van der Waals surface area (Å²) in [5.74, 6) is 0.0393. The molecule has 1 unspecified atom stereocenters. The Kier molecular flexibility index (Phi) is 8.20. The molecule has 1 rings (SSSR count). The SMILES string of the molecule is COC1(C(=O)NCC(C)SC)CCNCC1.Cl. The molecule has 1 atom stereocenters. The van der Waals surface area contributed by atoms with Crippen LogP contribution >= 0.6 is 24.2 Å². The van der Waals surface area contributed by atoms with E-state index in [9.17, 15) is 4.79 Å². The number of thioether (sulfide) groups is 1. The monoisotopic (exact) mass is 282 g/mol. The topological polar surface area (TPSA) is 50.4 Å². The number of hydrogen-bond donors (Lipinski definition) is 2. The van der Waals surface area contributed by atoms with Gasteiger partial charge in [-0.25, -0.2) is 0 Å². The Morgan fingerprint density at radius 3 is 2.59 bits per heavy atom. The van der Waals surface area contributed by atoms with E-state index in [4.69, 9.17) is 4.74 Å². The van der Waals surface area contributed by atoms with E-state index in [0.29, 0.717) is 11.8 Å². The highest BCUT2D eigenvalue weighted by atomic mass is 35.5. The Morgan fingerprint density at radius 2 is 2.12 bits per heavy atom. The van der Waals surface area contributed by atoms with E-state index >= 15 is 0 Å². The molecule has 0 saturated carbocycles. The second-order valence-corrected chi connectivity index (χ2v) is 5.48. The van der Waals surface area contributed by atoms with Gasteiger partial charge in [0.2, 0.25) is 0 Å². The number of piperidine rings is 1. The van der Waals surface area contributed by atoms with Crippen molar-refractivity contribution in [2.45, 2.75) is 30.6 Å². The maximum atomic E-state index is 12.1. The summed E-state index contributed by atoms with van der Waals surface area (Å²) in [4.78, 5) is 12.1. The summed E-state index contributed by atoms with van der Waals surface area (Å²) in [6.07, 6.45) is 3.55. The lowest BCUT2D eigenvalue weighted by molar-refractivity contribution is -0.146. The minimum atomic E-state index is -0.608. The number of methoxy groups -OCH3 is 1. The van der Waals surface area contributed by atoms with Crippen LogP contribution in [0.25, 0.3) is 0 Å². The first-order chi connectivity index (χ1) is 7.64. The zero-order chi connectivity index (χ0) is 12.0. The molecule has 0 radical (unpaired) electrons. The fourth-order valence-electron chi connectivity index (χ4n) is 1.84. The minimum Gasteiger partial charge on any atom is -0.368 e. The van der Waals surface area contributed by atoms with E-state index in [2.05, 4.69) is 17.6 Å². The number of carbonyl (C=O) groups excluding carboxylic acids is 1. The molecule has 1 fully saturated rings. The van der Waals surface area contributed by atoms with E-state index in [1.165, 1.54) is 0 Å². The number of carbonyl (C=O) groups is 1. The largest absolute Gasteiger partial charge is 0.368 e. The van der Waals surface area contributed by atoms with Crippen LogP contribution in [0.1, 0.15) is 19.8 Å². The second kappa shape index (κ2) is 8.19. The molecule has 0 bridgehead atoms. The second-order valence-electron chi connectivity index (χ2n) is 4.20. The van der Waals surface area contributed by atoms with Crippen molar-refractivity contribution in [1.82, 2.24) is 10.6 Å². The van der Waals surface area contributed by atoms with Crippen molar-refractivity contribution in [3.05, 3.63) is 0 Å². The molecular weight excluding hydrogens is 260 g/mol. The number of nitrogens with one attached hydrogen (secondary N) is 2. The fraction of sp³-hybridized carbons (Fsp3) is 0.909. The molecule has 0 spiro atoms. The summed E-state index contributed by atoms with van der Waals surface area (Å²) in [5.41, 5.74) is -0.608. The van der Waals surface area contributed by atoms with Gasteiger partial charge >= 0.3 is 0 Å². The van der Waals surface area contributed by atoms with Crippen molar-refractivity contribution in [2.24, 2.45) is 0 Å². The van der Waals surface area contributed by atoms with Gasteiger partial charge in [-0.15, -0.1) is 12.4 Å². The van der Waals surface area contributed by atoms with Gasteiger partial charge in [0.05, 0.1) is 0 Å². The third kappa shape index (κ3) is 4.66. The molecule has 1 aliphatic rings. The van der Waals surface area contributed by atoms with Crippen LogP contribution in [-0.4, -0.2) is 49.8 Å². The summed E-state index contributed by atoms with van der Waals surface area (Å²) in [5, 5.41) is 6.67. The lowest BCUT2D eigenvalue weighted by Gasteiger charge is -2.35. The van der Waals surface area contributed by atoms with Gasteiger partial charge in [-0.05, 0) is 32.2 Å². The van der Waals surface area contributed by atoms with Crippen molar-refractivity contribution < 1.29 is 9.53 Å². The fourth-order valence-corrected chi connectivity index (χ4v) is 2.09. The quantitative estimate of drug-likeness (QED) is 0.791. The molecule has 17 heavy (non-hydrogen) atoms. The van der Waals surface area contributed by atoms with Crippen molar-refractivity contribution in [3.63, 3.8) is 0 Å². The molecule has 1 aliphatic heterocycles. The van der Waals surface area contributed by atoms with Gasteiger partial charge in [0, 0.05) is 18.9 Å². The first-order valence-electron chi connectivity index (χ1n) is 5.71. The molecule has 0 aromatic carbocycles. The van der Waals surface area contributed by atoms with Gasteiger partial charge < -0.3 is 15.4 Å². The maximum Gasteiger partial charge on any atom is 0.252 e. The van der Waals surface area contributed by atoms with Crippen LogP contribution in [0.4, 0.5) is 0 Å². The normalized spacial score (nSPS) is 20.2. The zero-order valence-corrected chi connectivity index (χ0v) is 12.4. The third-order valence-corrected chi connectivity index (χ3v) is 4.14. The average molecular weight is 283 g/mol. The number of ether oxygens (including phenoxy) is 1. The third-order valence-electron chi connectivity index (χ3n) is 3.17. The van der Waals surface area contributed by atoms with Crippen LogP contribution in [0.5, 0.6) is 0 Å². The predicted molar refractivity (Wildman–Crippen MR) is 75.1 cm³/mol. The van der Waals surface area contributed by atoms with Crippen molar-refractivity contribution in [2.75, 3.05) is 33.0 Å². The van der Waals surface area contributed by atoms with E-state index in [0.717, 1.165) is 25.9 Å². The molecular formula is C11H23ClN2O2S. The van der Waals surface area contributed by atoms with Crippen LogP contribution in [0.15, 0.2) is 0 Å². The number of amides is 1. The van der Waals surface area contributed by atoms with Crippen LogP contribution in [0.3, 0.4) is 0 Å². The molecule has 4 nitrogen and oxygen atoms in total. The van der Waals surface area contributed by atoms with Gasteiger partial charge in [-0.1, -0.05) is 6.92 Å². The Morgan fingerprint density at radius 1 is 1.53 bits per heavy atom. The van der Waals surface area contributed by atoms with E-state index in [-0.39, 0.29) is 18.3 Å². The van der Waals surface area contributed by atoms with E-state index in [1.54, 1.807) is 18.9 Å². The maximum absolute atomic E-state index is 12.1. The summed E-state index contributed by atoms with van der Waals surface area (Å²) < 4.78 is 5.45. The Labute approximate surface area is 114 Å². The minimum absolute atomic E-state index is 0. The lowest BCUT2D eigenvalue weighted by Crippen LogP contribution is -2.54. The Bertz CT molecular complexity index is 236. The van der Waals surface area contributed by atoms with Crippen molar-refractivity contribution in [3.8, 4) is 0 Å². The molecule has 1 saturated heterocycles. The molecule has 102 valence electrons. The van der Waals surface area contributed by atoms with Crippen molar-refractivity contribution >= 4 is 30.1 Å². The molecule has 0 aromatic rings. The van der Waals surface area contributed by atoms with Gasteiger partial charge in [0.25, 0.3) is 5.91 Å². The number of rotatable bonds is 5. The van der Waals surface area contributed by atoms with Gasteiger partial charge in [0.15, 0.2) is 0 Å². The van der Waals surface area contributed by atoms with Gasteiger partial charge in [-0.3, -0.25) is 4.79 Å². The molecule has 6 heteroatoms. The Balaban J connectivity index is 0.00000256. The highest BCUT2D eigenvalue weighted by molar-refractivity contribution is 7.99. The number of hydrogen-bond acceptors (Lipinski definition) is 4. The van der Waals surface area contributed by atoms with Gasteiger partial charge in [-0.2, -0.15) is 11.8 Å². The lowest BCUT2D eigenvalue weighted by atomic mass is 9.91. The first-order valence-corrected chi connectivity index (χ1v) is 7.00. The summed E-state index contributed by atoms with van der Waals surface area (Å²) in [6.45, 7) is 4.50. The molecule has 1 amide bonds. The molecule has 2 N–H and O–H groups in total. The van der Waals surface area contributed by atoms with Crippen LogP contribution in [0, 0.1) is 0 Å². The summed E-state index contributed by atoms with van der Waals surface area (Å²) >= 11 is 1.75. The van der Waals surface area contributed by atoms with Crippen LogP contribution in [-0.2, 0) is 9.53 Å². The smallest absolute Gasteiger partial charge is 0.252 e. The average Bonchev–Trinajstić information content (AvgIpc) is 2.36. The van der Waals surface area contributed by atoms with Crippen LogP contribution < -0.4 is 10.6 Å². The standard InChI is InChI=1S/C11H22N2O2S.ClH/c1-9(16-3)8-13-10(14)11(15-2)4-6-12-7-5-11;/h9,12H,4-8H2,1-3H3,(H,13,14);1H.